The minimum absolute atomic E-state index is 0.00431. The highest BCUT2D eigenvalue weighted by Gasteiger charge is 2.31. The predicted molar refractivity (Wildman–Crippen MR) is 77.3 cm³/mol. The first-order chi connectivity index (χ1) is 9.24. The highest BCUT2D eigenvalue weighted by Crippen LogP contribution is 2.21. The maximum atomic E-state index is 12.2. The fraction of sp³-hybridized carbons (Fsp3) is 0.857. The number of likely N-dealkylation sites (tertiary alicyclic amines) is 1. The zero-order valence-corrected chi connectivity index (χ0v) is 13.0. The van der Waals surface area contributed by atoms with Gasteiger partial charge in [0.15, 0.2) is 0 Å². The molecule has 0 unspecified atom stereocenters. The summed E-state index contributed by atoms with van der Waals surface area (Å²) in [7, 11) is 1.72. The van der Waals surface area contributed by atoms with Gasteiger partial charge in [-0.1, -0.05) is 0 Å². The van der Waals surface area contributed by atoms with E-state index in [1.807, 2.05) is 20.8 Å². The molecular weight excluding hydrogens is 258 g/mol. The summed E-state index contributed by atoms with van der Waals surface area (Å²) in [4.78, 5) is 27.1. The van der Waals surface area contributed by atoms with Crippen molar-refractivity contribution in [1.29, 1.82) is 0 Å². The lowest BCUT2D eigenvalue weighted by atomic mass is 10.0. The normalized spacial score (nSPS) is 19.6. The number of ether oxygens (including phenoxy) is 1. The van der Waals surface area contributed by atoms with Crippen LogP contribution in [0, 0.1) is 0 Å². The van der Waals surface area contributed by atoms with E-state index in [0.29, 0.717) is 13.1 Å². The Kier molecular flexibility index (Phi) is 5.80. The number of amides is 2. The quantitative estimate of drug-likeness (QED) is 0.845. The molecule has 0 aromatic heterocycles. The summed E-state index contributed by atoms with van der Waals surface area (Å²) in [6, 6.07) is 0.0131. The Hall–Kier alpha value is -1.30. The van der Waals surface area contributed by atoms with Crippen molar-refractivity contribution in [1.82, 2.24) is 9.80 Å². The summed E-state index contributed by atoms with van der Waals surface area (Å²) in [5.74, 6) is -0.111. The van der Waals surface area contributed by atoms with Crippen molar-refractivity contribution in [3.63, 3.8) is 0 Å². The molecule has 0 aromatic rings. The smallest absolute Gasteiger partial charge is 0.410 e. The first-order valence-corrected chi connectivity index (χ1v) is 7.18. The van der Waals surface area contributed by atoms with Crippen LogP contribution in [-0.4, -0.2) is 60.1 Å². The fourth-order valence-corrected chi connectivity index (χ4v) is 2.33. The monoisotopic (exact) mass is 285 g/mol. The summed E-state index contributed by atoms with van der Waals surface area (Å²) in [5, 5.41) is 0. The predicted octanol–water partition coefficient (Wildman–Crippen LogP) is 1.19. The molecule has 2 N–H and O–H groups in total. The molecule has 1 aliphatic rings. The molecule has 0 bridgehead atoms. The molecule has 0 spiro atoms. The van der Waals surface area contributed by atoms with Crippen molar-refractivity contribution >= 4 is 12.0 Å². The van der Waals surface area contributed by atoms with Gasteiger partial charge in [-0.05, 0) is 40.0 Å². The second-order valence-corrected chi connectivity index (χ2v) is 6.30. The number of nitrogens with zero attached hydrogens (tertiary/aromatic N) is 2. The first-order valence-electron chi connectivity index (χ1n) is 7.18. The minimum atomic E-state index is -0.502. The lowest BCUT2D eigenvalue weighted by Gasteiger charge is -2.38. The van der Waals surface area contributed by atoms with E-state index in [1.54, 1.807) is 16.8 Å². The maximum absolute atomic E-state index is 12.2. The third-order valence-electron chi connectivity index (χ3n) is 3.34. The van der Waals surface area contributed by atoms with Gasteiger partial charge in [0.1, 0.15) is 5.60 Å². The van der Waals surface area contributed by atoms with Crippen LogP contribution in [0.4, 0.5) is 4.79 Å². The van der Waals surface area contributed by atoms with Crippen LogP contribution in [0.3, 0.4) is 0 Å². The third-order valence-corrected chi connectivity index (χ3v) is 3.34. The molecule has 6 heteroatoms. The first kappa shape index (κ1) is 16.8. The topological polar surface area (TPSA) is 75.9 Å². The van der Waals surface area contributed by atoms with E-state index in [9.17, 15) is 9.59 Å². The number of rotatable bonds is 3. The summed E-state index contributed by atoms with van der Waals surface area (Å²) < 4.78 is 5.43. The van der Waals surface area contributed by atoms with Gasteiger partial charge in [0.05, 0.1) is 12.6 Å². The van der Waals surface area contributed by atoms with Crippen LogP contribution >= 0.6 is 0 Å². The van der Waals surface area contributed by atoms with Gasteiger partial charge in [-0.15, -0.1) is 0 Å². The van der Waals surface area contributed by atoms with Gasteiger partial charge in [-0.2, -0.15) is 0 Å². The van der Waals surface area contributed by atoms with Gasteiger partial charge in [-0.3, -0.25) is 4.79 Å². The zero-order valence-electron chi connectivity index (χ0n) is 13.0. The Balaban J connectivity index is 2.67. The van der Waals surface area contributed by atoms with Crippen molar-refractivity contribution in [2.75, 3.05) is 26.7 Å². The summed E-state index contributed by atoms with van der Waals surface area (Å²) in [5.41, 5.74) is 4.86. The maximum Gasteiger partial charge on any atom is 0.410 e. The van der Waals surface area contributed by atoms with Crippen molar-refractivity contribution in [3.8, 4) is 0 Å². The SMILES string of the molecule is CN(C[C@H]1CCCCN1C(=O)OC(C)(C)C)C(=O)CN. The Morgan fingerprint density at radius 3 is 2.55 bits per heavy atom. The van der Waals surface area contributed by atoms with E-state index in [0.717, 1.165) is 19.3 Å². The Morgan fingerprint density at radius 1 is 1.35 bits per heavy atom. The zero-order chi connectivity index (χ0) is 15.3. The van der Waals surface area contributed by atoms with E-state index in [1.165, 1.54) is 0 Å². The molecule has 0 saturated carbocycles. The van der Waals surface area contributed by atoms with E-state index < -0.39 is 5.60 Å². The highest BCUT2D eigenvalue weighted by molar-refractivity contribution is 5.77. The van der Waals surface area contributed by atoms with E-state index in [-0.39, 0.29) is 24.6 Å². The summed E-state index contributed by atoms with van der Waals surface area (Å²) in [6.45, 7) is 6.75. The van der Waals surface area contributed by atoms with Gasteiger partial charge in [0, 0.05) is 20.1 Å². The second-order valence-electron chi connectivity index (χ2n) is 6.30. The van der Waals surface area contributed by atoms with E-state index in [2.05, 4.69) is 0 Å². The van der Waals surface area contributed by atoms with Crippen LogP contribution < -0.4 is 5.73 Å². The average Bonchev–Trinajstić information content (AvgIpc) is 2.36. The lowest BCUT2D eigenvalue weighted by molar-refractivity contribution is -0.129. The average molecular weight is 285 g/mol. The van der Waals surface area contributed by atoms with Gasteiger partial charge in [0.2, 0.25) is 5.91 Å². The van der Waals surface area contributed by atoms with Gasteiger partial charge in [0.25, 0.3) is 0 Å². The Labute approximate surface area is 121 Å². The number of nitrogens with two attached hydrogens (primary N) is 1. The molecule has 0 radical (unpaired) electrons. The van der Waals surface area contributed by atoms with Crippen LogP contribution in [0.15, 0.2) is 0 Å². The van der Waals surface area contributed by atoms with Crippen LogP contribution in [0.1, 0.15) is 40.0 Å². The Bertz CT molecular complexity index is 352. The van der Waals surface area contributed by atoms with Crippen molar-refractivity contribution < 1.29 is 14.3 Å². The van der Waals surface area contributed by atoms with Crippen molar-refractivity contribution in [2.24, 2.45) is 5.73 Å². The fourth-order valence-electron chi connectivity index (χ4n) is 2.33. The molecule has 1 aliphatic heterocycles. The molecule has 1 saturated heterocycles. The molecule has 6 nitrogen and oxygen atoms in total. The molecule has 0 aliphatic carbocycles. The number of likely N-dealkylation sites (N-methyl/N-ethyl adjacent to an activating group) is 1. The van der Waals surface area contributed by atoms with Gasteiger partial charge >= 0.3 is 6.09 Å². The number of hydrogen-bond acceptors (Lipinski definition) is 4. The number of hydrogen-bond donors (Lipinski definition) is 1. The summed E-state index contributed by atoms with van der Waals surface area (Å²) in [6.07, 6.45) is 2.64. The van der Waals surface area contributed by atoms with Gasteiger partial charge < -0.3 is 20.3 Å². The molecule has 20 heavy (non-hydrogen) atoms. The summed E-state index contributed by atoms with van der Waals surface area (Å²) >= 11 is 0. The van der Waals surface area contributed by atoms with E-state index in [4.69, 9.17) is 10.5 Å². The van der Waals surface area contributed by atoms with Gasteiger partial charge in [-0.25, -0.2) is 4.79 Å². The molecule has 116 valence electrons. The van der Waals surface area contributed by atoms with Crippen LogP contribution in [0.5, 0.6) is 0 Å². The van der Waals surface area contributed by atoms with E-state index >= 15 is 0 Å². The molecule has 1 atom stereocenters. The lowest BCUT2D eigenvalue weighted by Crippen LogP contribution is -2.51. The largest absolute Gasteiger partial charge is 0.444 e. The van der Waals surface area contributed by atoms with Crippen LogP contribution in [-0.2, 0) is 9.53 Å². The number of carbonyl (C=O) groups excluding carboxylic acids is 2. The standard InChI is InChI=1S/C14H27N3O3/c1-14(2,3)20-13(19)17-8-6-5-7-11(17)10-16(4)12(18)9-15/h11H,5-10,15H2,1-4H3/t11-/m1/s1. The molecule has 2 amide bonds. The molecule has 0 aromatic carbocycles. The van der Waals surface area contributed by atoms with Crippen molar-refractivity contribution in [2.45, 2.75) is 51.7 Å². The highest BCUT2D eigenvalue weighted by atomic mass is 16.6. The third kappa shape index (κ3) is 5.00. The minimum Gasteiger partial charge on any atom is -0.444 e. The van der Waals surface area contributed by atoms with Crippen LogP contribution in [0.2, 0.25) is 0 Å². The molecule has 1 heterocycles. The Morgan fingerprint density at radius 2 is 2.00 bits per heavy atom. The second kappa shape index (κ2) is 6.92. The van der Waals surface area contributed by atoms with Crippen molar-refractivity contribution in [3.05, 3.63) is 0 Å². The molecular formula is C14H27N3O3. The number of piperidine rings is 1. The number of carbonyl (C=O) groups is 2. The van der Waals surface area contributed by atoms with Crippen LogP contribution in [0.25, 0.3) is 0 Å². The molecule has 1 rings (SSSR count). The molecule has 1 fully saturated rings.